The highest BCUT2D eigenvalue weighted by Gasteiger charge is 2.34. The molecule has 0 bridgehead atoms. The van der Waals surface area contributed by atoms with Gasteiger partial charge in [0, 0.05) is 12.8 Å². The standard InChI is InChI=1S/C12H14N2O4S2/c1-6(15)18-5-8(16)13-11-10(9(17)7-3-4-7)20-12(14-11)19-2/h7H,3-5H2,1-2H3,(H,13,16). The number of ketones is 1. The number of esters is 1. The number of thiazole rings is 1. The number of carbonyl (C=O) groups is 3. The molecule has 2 rings (SSSR count). The molecule has 0 atom stereocenters. The Bertz CT molecular complexity index is 552. The maximum Gasteiger partial charge on any atom is 0.303 e. The number of Topliss-reactive ketones (excluding diaryl/α,β-unsaturated/α-hetero) is 1. The molecule has 1 aromatic rings. The molecule has 1 N–H and O–H groups in total. The van der Waals surface area contributed by atoms with E-state index >= 15 is 0 Å². The number of anilines is 1. The van der Waals surface area contributed by atoms with Crippen molar-refractivity contribution in [2.75, 3.05) is 18.2 Å². The van der Waals surface area contributed by atoms with Crippen molar-refractivity contribution >= 4 is 46.6 Å². The summed E-state index contributed by atoms with van der Waals surface area (Å²) in [5.74, 6) is -0.659. The molecule has 1 amide bonds. The fourth-order valence-corrected chi connectivity index (χ4v) is 3.04. The highest BCUT2D eigenvalue weighted by molar-refractivity contribution is 8.00. The Morgan fingerprint density at radius 3 is 2.70 bits per heavy atom. The van der Waals surface area contributed by atoms with Crippen LogP contribution in [0.15, 0.2) is 4.34 Å². The summed E-state index contributed by atoms with van der Waals surface area (Å²) in [7, 11) is 0. The Morgan fingerprint density at radius 2 is 2.15 bits per heavy atom. The first kappa shape index (κ1) is 15.0. The maximum absolute atomic E-state index is 12.1. The number of rotatable bonds is 6. The van der Waals surface area contributed by atoms with Crippen LogP contribution in [0.1, 0.15) is 29.4 Å². The van der Waals surface area contributed by atoms with Gasteiger partial charge in [-0.1, -0.05) is 11.8 Å². The maximum atomic E-state index is 12.1. The highest BCUT2D eigenvalue weighted by atomic mass is 32.2. The molecule has 0 aliphatic heterocycles. The van der Waals surface area contributed by atoms with Gasteiger partial charge in [0.15, 0.2) is 22.5 Å². The monoisotopic (exact) mass is 314 g/mol. The summed E-state index contributed by atoms with van der Waals surface area (Å²) in [5.41, 5.74) is 0. The Kier molecular flexibility index (Phi) is 4.77. The first-order valence-corrected chi connectivity index (χ1v) is 8.07. The normalized spacial score (nSPS) is 13.9. The number of hydrogen-bond acceptors (Lipinski definition) is 7. The summed E-state index contributed by atoms with van der Waals surface area (Å²) >= 11 is 2.70. The molecule has 6 nitrogen and oxygen atoms in total. The molecule has 1 aliphatic rings. The lowest BCUT2D eigenvalue weighted by Gasteiger charge is -2.04. The van der Waals surface area contributed by atoms with Crippen molar-refractivity contribution < 1.29 is 19.1 Å². The second kappa shape index (κ2) is 6.36. The molecule has 1 aliphatic carbocycles. The van der Waals surface area contributed by atoms with Crippen LogP contribution in [0.4, 0.5) is 5.82 Å². The first-order chi connectivity index (χ1) is 9.51. The van der Waals surface area contributed by atoms with E-state index in [1.54, 1.807) is 0 Å². The molecule has 1 saturated carbocycles. The second-order valence-corrected chi connectivity index (χ2v) is 6.38. The lowest BCUT2D eigenvalue weighted by Crippen LogP contribution is -2.21. The lowest BCUT2D eigenvalue weighted by molar-refractivity contribution is -0.144. The van der Waals surface area contributed by atoms with Crippen LogP contribution < -0.4 is 5.32 Å². The van der Waals surface area contributed by atoms with Gasteiger partial charge in [0.05, 0.1) is 0 Å². The number of amides is 1. The van der Waals surface area contributed by atoms with Crippen LogP contribution in [0.5, 0.6) is 0 Å². The van der Waals surface area contributed by atoms with Crippen molar-refractivity contribution in [3.63, 3.8) is 0 Å². The average molecular weight is 314 g/mol. The minimum absolute atomic E-state index is 0.0330. The molecular weight excluding hydrogens is 300 g/mol. The van der Waals surface area contributed by atoms with E-state index in [1.807, 2.05) is 6.26 Å². The van der Waals surface area contributed by atoms with Crippen molar-refractivity contribution in [2.45, 2.75) is 24.1 Å². The van der Waals surface area contributed by atoms with Crippen LogP contribution in [0.3, 0.4) is 0 Å². The van der Waals surface area contributed by atoms with Crippen LogP contribution in [0.25, 0.3) is 0 Å². The molecule has 1 fully saturated rings. The molecule has 0 aromatic carbocycles. The van der Waals surface area contributed by atoms with Crippen molar-refractivity contribution in [2.24, 2.45) is 5.92 Å². The van der Waals surface area contributed by atoms with Gasteiger partial charge in [-0.2, -0.15) is 0 Å². The summed E-state index contributed by atoms with van der Waals surface area (Å²) in [6.45, 7) is 0.850. The largest absolute Gasteiger partial charge is 0.456 e. The molecule has 1 aromatic heterocycles. The van der Waals surface area contributed by atoms with Crippen LogP contribution in [0, 0.1) is 5.92 Å². The highest BCUT2D eigenvalue weighted by Crippen LogP contribution is 2.38. The van der Waals surface area contributed by atoms with Crippen LogP contribution >= 0.6 is 23.1 Å². The third-order valence-corrected chi connectivity index (χ3v) is 4.67. The number of nitrogens with one attached hydrogen (secondary N) is 1. The zero-order chi connectivity index (χ0) is 14.7. The van der Waals surface area contributed by atoms with Crippen molar-refractivity contribution in [3.8, 4) is 0 Å². The topological polar surface area (TPSA) is 85.4 Å². The van der Waals surface area contributed by atoms with Crippen LogP contribution in [-0.2, 0) is 14.3 Å². The smallest absolute Gasteiger partial charge is 0.303 e. The predicted molar refractivity (Wildman–Crippen MR) is 76.2 cm³/mol. The number of hydrogen-bond donors (Lipinski definition) is 1. The first-order valence-electron chi connectivity index (χ1n) is 6.03. The van der Waals surface area contributed by atoms with E-state index in [9.17, 15) is 14.4 Å². The quantitative estimate of drug-likeness (QED) is 0.491. The average Bonchev–Trinajstić information content (AvgIpc) is 3.17. The van der Waals surface area contributed by atoms with Gasteiger partial charge >= 0.3 is 5.97 Å². The van der Waals surface area contributed by atoms with Crippen molar-refractivity contribution in [1.82, 2.24) is 4.98 Å². The molecule has 0 saturated heterocycles. The van der Waals surface area contributed by atoms with Gasteiger partial charge in [0.25, 0.3) is 5.91 Å². The van der Waals surface area contributed by atoms with Gasteiger partial charge in [0.2, 0.25) is 0 Å². The summed E-state index contributed by atoms with van der Waals surface area (Å²) in [6.07, 6.45) is 3.65. The Labute approximate surface area is 124 Å². The zero-order valence-electron chi connectivity index (χ0n) is 11.1. The summed E-state index contributed by atoms with van der Waals surface area (Å²) in [4.78, 5) is 39.1. The van der Waals surface area contributed by atoms with E-state index in [0.29, 0.717) is 4.88 Å². The Hall–Kier alpha value is -1.41. The SMILES string of the molecule is CSc1nc(NC(=O)COC(C)=O)c(C(=O)C2CC2)s1. The number of aromatic nitrogens is 1. The minimum atomic E-state index is -0.530. The predicted octanol–water partition coefficient (Wildman–Crippen LogP) is 1.96. The van der Waals surface area contributed by atoms with E-state index in [1.165, 1.54) is 30.0 Å². The Balaban J connectivity index is 2.09. The minimum Gasteiger partial charge on any atom is -0.456 e. The van der Waals surface area contributed by atoms with E-state index in [-0.39, 0.29) is 24.1 Å². The third-order valence-electron chi connectivity index (χ3n) is 2.62. The summed E-state index contributed by atoms with van der Waals surface area (Å²) < 4.78 is 5.32. The Morgan fingerprint density at radius 1 is 1.45 bits per heavy atom. The van der Waals surface area contributed by atoms with E-state index in [0.717, 1.165) is 17.2 Å². The van der Waals surface area contributed by atoms with Gasteiger partial charge in [-0.25, -0.2) is 4.98 Å². The number of nitrogens with zero attached hydrogens (tertiary/aromatic N) is 1. The van der Waals surface area contributed by atoms with E-state index in [4.69, 9.17) is 0 Å². The van der Waals surface area contributed by atoms with E-state index in [2.05, 4.69) is 15.0 Å². The number of thioether (sulfide) groups is 1. The van der Waals surface area contributed by atoms with Crippen molar-refractivity contribution in [3.05, 3.63) is 4.88 Å². The second-order valence-electron chi connectivity index (χ2n) is 4.33. The van der Waals surface area contributed by atoms with E-state index < -0.39 is 11.9 Å². The third kappa shape index (κ3) is 3.80. The molecule has 108 valence electrons. The zero-order valence-corrected chi connectivity index (χ0v) is 12.7. The van der Waals surface area contributed by atoms with Gasteiger partial charge < -0.3 is 10.1 Å². The van der Waals surface area contributed by atoms with Crippen molar-refractivity contribution in [1.29, 1.82) is 0 Å². The molecule has 20 heavy (non-hydrogen) atoms. The van der Waals surface area contributed by atoms with Gasteiger partial charge in [0.1, 0.15) is 4.88 Å². The summed E-state index contributed by atoms with van der Waals surface area (Å²) in [5, 5.41) is 2.53. The number of ether oxygens (including phenoxy) is 1. The van der Waals surface area contributed by atoms with Gasteiger partial charge in [-0.3, -0.25) is 14.4 Å². The molecular formula is C12H14N2O4S2. The number of carbonyl (C=O) groups excluding carboxylic acids is 3. The van der Waals surface area contributed by atoms with Gasteiger partial charge in [-0.05, 0) is 19.1 Å². The molecule has 0 spiro atoms. The summed E-state index contributed by atoms with van der Waals surface area (Å²) in [6, 6.07) is 0. The lowest BCUT2D eigenvalue weighted by atomic mass is 10.2. The van der Waals surface area contributed by atoms with Gasteiger partial charge in [-0.15, -0.1) is 11.3 Å². The fourth-order valence-electron chi connectivity index (χ4n) is 1.51. The molecule has 1 heterocycles. The van der Waals surface area contributed by atoms with Crippen LogP contribution in [0.2, 0.25) is 0 Å². The molecule has 0 radical (unpaired) electrons. The fraction of sp³-hybridized carbons (Fsp3) is 0.500. The molecule has 8 heteroatoms. The van der Waals surface area contributed by atoms with Crippen LogP contribution in [-0.4, -0.2) is 35.5 Å². The molecule has 0 unspecified atom stereocenters.